The van der Waals surface area contributed by atoms with Crippen molar-refractivity contribution in [3.63, 3.8) is 0 Å². The highest BCUT2D eigenvalue weighted by atomic mass is 35.5. The van der Waals surface area contributed by atoms with Gasteiger partial charge in [0.1, 0.15) is 5.69 Å². The standard InChI is InChI=1S/C11H10Cl2N2O/c1-2-7-5-9(16)15(6-7)10-8(12)3-4-14-11(10)13/h2-4,7H,1,5-6H2. The zero-order valence-corrected chi connectivity index (χ0v) is 10.0. The molecule has 0 saturated carbocycles. The third-order valence-electron chi connectivity index (χ3n) is 2.59. The van der Waals surface area contributed by atoms with Gasteiger partial charge in [0.15, 0.2) is 5.15 Å². The van der Waals surface area contributed by atoms with Crippen LogP contribution in [0.4, 0.5) is 5.69 Å². The van der Waals surface area contributed by atoms with Crippen LogP contribution in [0.5, 0.6) is 0 Å². The first-order valence-electron chi connectivity index (χ1n) is 4.86. The third kappa shape index (κ3) is 1.93. The van der Waals surface area contributed by atoms with E-state index in [9.17, 15) is 4.79 Å². The molecule has 1 aromatic heterocycles. The highest BCUT2D eigenvalue weighted by Gasteiger charge is 2.31. The van der Waals surface area contributed by atoms with E-state index in [2.05, 4.69) is 11.6 Å². The van der Waals surface area contributed by atoms with Gasteiger partial charge in [0.05, 0.1) is 5.02 Å². The molecule has 1 aliphatic rings. The minimum atomic E-state index is 0.00157. The molecule has 0 aliphatic carbocycles. The molecule has 5 heteroatoms. The van der Waals surface area contributed by atoms with Crippen LogP contribution in [-0.2, 0) is 4.79 Å². The third-order valence-corrected chi connectivity index (χ3v) is 3.17. The predicted molar refractivity (Wildman–Crippen MR) is 64.9 cm³/mol. The van der Waals surface area contributed by atoms with Crippen molar-refractivity contribution in [3.8, 4) is 0 Å². The van der Waals surface area contributed by atoms with Crippen molar-refractivity contribution in [3.05, 3.63) is 35.1 Å². The minimum Gasteiger partial charge on any atom is -0.308 e. The predicted octanol–water partition coefficient (Wildman–Crippen LogP) is 2.93. The molecule has 1 saturated heterocycles. The molecule has 0 N–H and O–H groups in total. The van der Waals surface area contributed by atoms with Gasteiger partial charge in [0, 0.05) is 25.1 Å². The van der Waals surface area contributed by atoms with Gasteiger partial charge in [0.2, 0.25) is 5.91 Å². The number of pyridine rings is 1. The fourth-order valence-corrected chi connectivity index (χ4v) is 2.31. The van der Waals surface area contributed by atoms with E-state index < -0.39 is 0 Å². The molecule has 0 aromatic carbocycles. The Morgan fingerprint density at radius 3 is 2.88 bits per heavy atom. The van der Waals surface area contributed by atoms with Gasteiger partial charge in [-0.05, 0) is 6.07 Å². The molecule has 84 valence electrons. The highest BCUT2D eigenvalue weighted by Crippen LogP contribution is 2.35. The maximum atomic E-state index is 11.8. The zero-order chi connectivity index (χ0) is 11.7. The summed E-state index contributed by atoms with van der Waals surface area (Å²) >= 11 is 12.0. The van der Waals surface area contributed by atoms with Crippen molar-refractivity contribution >= 4 is 34.8 Å². The lowest BCUT2D eigenvalue weighted by molar-refractivity contribution is -0.117. The van der Waals surface area contributed by atoms with E-state index in [1.165, 1.54) is 6.20 Å². The first-order chi connectivity index (χ1) is 7.63. The molecule has 1 amide bonds. The van der Waals surface area contributed by atoms with Crippen LogP contribution in [0.25, 0.3) is 0 Å². The largest absolute Gasteiger partial charge is 0.308 e. The molecule has 1 aromatic rings. The van der Waals surface area contributed by atoms with E-state index in [0.717, 1.165) is 0 Å². The molecule has 2 rings (SSSR count). The Hall–Kier alpha value is -1.06. The van der Waals surface area contributed by atoms with E-state index in [1.807, 2.05) is 0 Å². The molecule has 3 nitrogen and oxygen atoms in total. The molecule has 0 spiro atoms. The Morgan fingerprint density at radius 1 is 1.56 bits per heavy atom. The van der Waals surface area contributed by atoms with Gasteiger partial charge in [-0.2, -0.15) is 0 Å². The van der Waals surface area contributed by atoms with E-state index in [1.54, 1.807) is 17.0 Å². The average molecular weight is 257 g/mol. The molecule has 1 fully saturated rings. The van der Waals surface area contributed by atoms with Crippen LogP contribution in [-0.4, -0.2) is 17.4 Å². The van der Waals surface area contributed by atoms with Crippen molar-refractivity contribution in [1.82, 2.24) is 4.98 Å². The van der Waals surface area contributed by atoms with Crippen molar-refractivity contribution in [2.75, 3.05) is 11.4 Å². The molecule has 0 radical (unpaired) electrons. The molecular formula is C11H10Cl2N2O. The number of rotatable bonds is 2. The van der Waals surface area contributed by atoms with Crippen molar-refractivity contribution in [2.45, 2.75) is 6.42 Å². The lowest BCUT2D eigenvalue weighted by atomic mass is 10.1. The maximum absolute atomic E-state index is 11.8. The van der Waals surface area contributed by atoms with Gasteiger partial charge in [-0.25, -0.2) is 4.98 Å². The average Bonchev–Trinajstić information content (AvgIpc) is 2.60. The Labute approximate surface area is 104 Å². The first-order valence-corrected chi connectivity index (χ1v) is 5.62. The van der Waals surface area contributed by atoms with Crippen LogP contribution in [0.3, 0.4) is 0 Å². The summed E-state index contributed by atoms with van der Waals surface area (Å²) in [5, 5.41) is 0.698. The van der Waals surface area contributed by atoms with E-state index in [0.29, 0.717) is 23.7 Å². The fourth-order valence-electron chi connectivity index (χ4n) is 1.76. The van der Waals surface area contributed by atoms with Gasteiger partial charge in [-0.1, -0.05) is 29.3 Å². The van der Waals surface area contributed by atoms with Gasteiger partial charge >= 0.3 is 0 Å². The van der Waals surface area contributed by atoms with E-state index in [-0.39, 0.29) is 17.0 Å². The second kappa shape index (κ2) is 4.44. The SMILES string of the molecule is C=CC1CC(=O)N(c2c(Cl)ccnc2Cl)C1. The van der Waals surface area contributed by atoms with Crippen molar-refractivity contribution < 1.29 is 4.79 Å². The summed E-state index contributed by atoms with van der Waals surface area (Å²) in [5.74, 6) is 0.154. The number of amides is 1. The number of carbonyl (C=O) groups excluding carboxylic acids is 1. The molecule has 16 heavy (non-hydrogen) atoms. The maximum Gasteiger partial charge on any atom is 0.227 e. The number of halogens is 2. The topological polar surface area (TPSA) is 33.2 Å². The van der Waals surface area contributed by atoms with Crippen LogP contribution in [0.2, 0.25) is 10.2 Å². The monoisotopic (exact) mass is 256 g/mol. The Bertz CT molecular complexity index is 427. The summed E-state index contributed by atoms with van der Waals surface area (Å²) in [5.41, 5.74) is 0.500. The fraction of sp³-hybridized carbons (Fsp3) is 0.273. The van der Waals surface area contributed by atoms with Crippen LogP contribution in [0.15, 0.2) is 24.9 Å². The first kappa shape index (κ1) is 11.4. The number of hydrogen-bond acceptors (Lipinski definition) is 2. The second-order valence-electron chi connectivity index (χ2n) is 3.64. The van der Waals surface area contributed by atoms with Gasteiger partial charge in [-0.15, -0.1) is 6.58 Å². The Balaban J connectivity index is 2.38. The highest BCUT2D eigenvalue weighted by molar-refractivity contribution is 6.39. The Morgan fingerprint density at radius 2 is 2.31 bits per heavy atom. The summed E-state index contributed by atoms with van der Waals surface area (Å²) in [4.78, 5) is 17.3. The van der Waals surface area contributed by atoms with Crippen molar-refractivity contribution in [1.29, 1.82) is 0 Å². The summed E-state index contributed by atoms with van der Waals surface area (Å²) in [6.45, 7) is 4.25. The smallest absolute Gasteiger partial charge is 0.227 e. The van der Waals surface area contributed by atoms with Gasteiger partial charge in [-0.3, -0.25) is 4.79 Å². The number of anilines is 1. The minimum absolute atomic E-state index is 0.00157. The van der Waals surface area contributed by atoms with E-state index >= 15 is 0 Å². The molecule has 1 atom stereocenters. The van der Waals surface area contributed by atoms with Crippen molar-refractivity contribution in [2.24, 2.45) is 5.92 Å². The summed E-state index contributed by atoms with van der Waals surface area (Å²) in [6.07, 6.45) is 3.74. The number of nitrogens with zero attached hydrogens (tertiary/aromatic N) is 2. The summed E-state index contributed by atoms with van der Waals surface area (Å²) in [7, 11) is 0. The molecular weight excluding hydrogens is 247 g/mol. The Kier molecular flexibility index (Phi) is 3.17. The number of aromatic nitrogens is 1. The summed E-state index contributed by atoms with van der Waals surface area (Å²) in [6, 6.07) is 1.62. The van der Waals surface area contributed by atoms with Crippen LogP contribution in [0, 0.1) is 5.92 Å². The lowest BCUT2D eigenvalue weighted by Crippen LogP contribution is -2.25. The molecule has 1 aliphatic heterocycles. The van der Waals surface area contributed by atoms with Gasteiger partial charge < -0.3 is 4.90 Å². The van der Waals surface area contributed by atoms with Crippen LogP contribution in [0.1, 0.15) is 6.42 Å². The quantitative estimate of drug-likeness (QED) is 0.602. The molecule has 0 bridgehead atoms. The lowest BCUT2D eigenvalue weighted by Gasteiger charge is -2.18. The zero-order valence-electron chi connectivity index (χ0n) is 8.49. The number of carbonyl (C=O) groups is 1. The molecule has 1 unspecified atom stereocenters. The van der Waals surface area contributed by atoms with Gasteiger partial charge in [0.25, 0.3) is 0 Å². The molecule has 2 heterocycles. The van der Waals surface area contributed by atoms with Crippen LogP contribution >= 0.6 is 23.2 Å². The normalized spacial score (nSPS) is 20.2. The summed E-state index contributed by atoms with van der Waals surface area (Å²) < 4.78 is 0. The number of hydrogen-bond donors (Lipinski definition) is 0. The second-order valence-corrected chi connectivity index (χ2v) is 4.40. The van der Waals surface area contributed by atoms with Crippen LogP contribution < -0.4 is 4.90 Å². The van der Waals surface area contributed by atoms with E-state index in [4.69, 9.17) is 23.2 Å².